The molecule has 9 heteroatoms. The number of halogens is 1. The van der Waals surface area contributed by atoms with Gasteiger partial charge in [-0.1, -0.05) is 22.8 Å². The third-order valence-electron chi connectivity index (χ3n) is 3.76. The van der Waals surface area contributed by atoms with Crippen LogP contribution in [-0.2, 0) is 6.54 Å². The molecule has 0 saturated carbocycles. The van der Waals surface area contributed by atoms with E-state index >= 15 is 0 Å². The van der Waals surface area contributed by atoms with Gasteiger partial charge in [-0.15, -0.1) is 10.2 Å². The van der Waals surface area contributed by atoms with Crippen LogP contribution in [0.2, 0.25) is 5.02 Å². The fourth-order valence-electron chi connectivity index (χ4n) is 2.55. The summed E-state index contributed by atoms with van der Waals surface area (Å²) in [5.41, 5.74) is 1.73. The molecule has 0 radical (unpaired) electrons. The van der Waals surface area contributed by atoms with Crippen LogP contribution < -0.4 is 5.32 Å². The summed E-state index contributed by atoms with van der Waals surface area (Å²) in [6.07, 6.45) is 1.81. The molecule has 0 aliphatic heterocycles. The monoisotopic (exact) mass is 368 g/mol. The molecule has 4 rings (SSSR count). The first kappa shape index (κ1) is 16.2. The molecule has 1 aromatic carbocycles. The van der Waals surface area contributed by atoms with Crippen LogP contribution in [0.4, 0.5) is 0 Å². The fraction of sp³-hybridized carbons (Fsp3) is 0.118. The van der Waals surface area contributed by atoms with Gasteiger partial charge in [-0.2, -0.15) is 4.98 Å². The van der Waals surface area contributed by atoms with Crippen molar-refractivity contribution in [2.45, 2.75) is 13.5 Å². The Labute approximate surface area is 152 Å². The number of benzene rings is 1. The van der Waals surface area contributed by atoms with Gasteiger partial charge in [0.05, 0.1) is 12.1 Å². The Balaban J connectivity index is 1.59. The lowest BCUT2D eigenvalue weighted by Crippen LogP contribution is -2.23. The molecule has 0 aliphatic carbocycles. The maximum absolute atomic E-state index is 12.3. The minimum atomic E-state index is -0.243. The highest BCUT2D eigenvalue weighted by atomic mass is 35.5. The van der Waals surface area contributed by atoms with Crippen molar-refractivity contribution in [3.63, 3.8) is 0 Å². The van der Waals surface area contributed by atoms with Gasteiger partial charge >= 0.3 is 0 Å². The SMILES string of the molecule is Cc1noc(-c2cccn3c(CNC(=O)c4cccc(Cl)c4)nnc23)n1. The molecule has 0 spiro atoms. The zero-order valence-electron chi connectivity index (χ0n) is 13.7. The third-order valence-corrected chi connectivity index (χ3v) is 3.99. The van der Waals surface area contributed by atoms with Gasteiger partial charge in [-0.3, -0.25) is 9.20 Å². The van der Waals surface area contributed by atoms with Crippen LogP contribution in [0.3, 0.4) is 0 Å². The van der Waals surface area contributed by atoms with Crippen molar-refractivity contribution < 1.29 is 9.32 Å². The molecule has 3 heterocycles. The summed E-state index contributed by atoms with van der Waals surface area (Å²) in [6, 6.07) is 10.4. The van der Waals surface area contributed by atoms with Crippen molar-refractivity contribution in [1.29, 1.82) is 0 Å². The highest BCUT2D eigenvalue weighted by Crippen LogP contribution is 2.22. The maximum Gasteiger partial charge on any atom is 0.261 e. The predicted molar refractivity (Wildman–Crippen MR) is 93.6 cm³/mol. The number of carbonyl (C=O) groups is 1. The van der Waals surface area contributed by atoms with Gasteiger partial charge in [0.15, 0.2) is 17.3 Å². The molecule has 1 N–H and O–H groups in total. The number of nitrogens with zero attached hydrogens (tertiary/aromatic N) is 5. The molecule has 0 saturated heterocycles. The Bertz CT molecular complexity index is 1100. The lowest BCUT2D eigenvalue weighted by atomic mass is 10.2. The van der Waals surface area contributed by atoms with E-state index in [4.69, 9.17) is 16.1 Å². The van der Waals surface area contributed by atoms with E-state index in [2.05, 4.69) is 25.7 Å². The number of aromatic nitrogens is 5. The van der Waals surface area contributed by atoms with Crippen molar-refractivity contribution in [2.24, 2.45) is 0 Å². The van der Waals surface area contributed by atoms with Crippen molar-refractivity contribution >= 4 is 23.2 Å². The maximum atomic E-state index is 12.3. The van der Waals surface area contributed by atoms with Crippen LogP contribution in [0, 0.1) is 6.92 Å². The van der Waals surface area contributed by atoms with E-state index < -0.39 is 0 Å². The minimum absolute atomic E-state index is 0.207. The number of carbonyl (C=O) groups excluding carboxylic acids is 1. The van der Waals surface area contributed by atoms with Crippen LogP contribution in [0.5, 0.6) is 0 Å². The molecule has 1 amide bonds. The normalized spacial score (nSPS) is 11.0. The first-order valence-corrected chi connectivity index (χ1v) is 8.17. The number of aryl methyl sites for hydroxylation is 1. The van der Waals surface area contributed by atoms with Gasteiger partial charge in [-0.25, -0.2) is 0 Å². The van der Waals surface area contributed by atoms with E-state index in [9.17, 15) is 4.79 Å². The number of nitrogens with one attached hydrogen (secondary N) is 1. The Hall–Kier alpha value is -3.26. The molecule has 0 fully saturated rings. The first-order valence-electron chi connectivity index (χ1n) is 7.79. The fourth-order valence-corrected chi connectivity index (χ4v) is 2.74. The first-order chi connectivity index (χ1) is 12.6. The van der Waals surface area contributed by atoms with Gasteiger partial charge < -0.3 is 9.84 Å². The highest BCUT2D eigenvalue weighted by molar-refractivity contribution is 6.30. The number of pyridine rings is 1. The molecule has 3 aromatic heterocycles. The summed E-state index contributed by atoms with van der Waals surface area (Å²) in [4.78, 5) is 16.5. The topological polar surface area (TPSA) is 98.2 Å². The minimum Gasteiger partial charge on any atom is -0.345 e. The van der Waals surface area contributed by atoms with Gasteiger partial charge in [0, 0.05) is 16.8 Å². The number of rotatable bonds is 4. The summed E-state index contributed by atoms with van der Waals surface area (Å²) >= 11 is 5.92. The van der Waals surface area contributed by atoms with Crippen LogP contribution in [0.15, 0.2) is 47.1 Å². The van der Waals surface area contributed by atoms with E-state index in [-0.39, 0.29) is 12.5 Å². The van der Waals surface area contributed by atoms with Gasteiger partial charge in [0.1, 0.15) is 0 Å². The Kier molecular flexibility index (Phi) is 4.10. The highest BCUT2D eigenvalue weighted by Gasteiger charge is 2.15. The van der Waals surface area contributed by atoms with Crippen LogP contribution in [0.1, 0.15) is 22.0 Å². The molecule has 26 heavy (non-hydrogen) atoms. The van der Waals surface area contributed by atoms with E-state index in [0.29, 0.717) is 39.3 Å². The van der Waals surface area contributed by atoms with Crippen LogP contribution >= 0.6 is 11.6 Å². The number of hydrogen-bond acceptors (Lipinski definition) is 6. The Morgan fingerprint density at radius 2 is 2.15 bits per heavy atom. The van der Waals surface area contributed by atoms with Crippen molar-refractivity contribution in [3.8, 4) is 11.5 Å². The van der Waals surface area contributed by atoms with Crippen molar-refractivity contribution in [1.82, 2.24) is 30.1 Å². The molecule has 0 atom stereocenters. The average molecular weight is 369 g/mol. The van der Waals surface area contributed by atoms with Gasteiger partial charge in [0.2, 0.25) is 0 Å². The smallest absolute Gasteiger partial charge is 0.261 e. The predicted octanol–water partition coefficient (Wildman–Crippen LogP) is 2.67. The van der Waals surface area contributed by atoms with E-state index in [0.717, 1.165) is 0 Å². The molecule has 0 unspecified atom stereocenters. The van der Waals surface area contributed by atoms with Crippen LogP contribution in [0.25, 0.3) is 17.1 Å². The molecule has 8 nitrogen and oxygen atoms in total. The largest absolute Gasteiger partial charge is 0.345 e. The van der Waals surface area contributed by atoms with E-state index in [1.165, 1.54) is 0 Å². The zero-order chi connectivity index (χ0) is 18.1. The van der Waals surface area contributed by atoms with E-state index in [1.807, 2.05) is 18.3 Å². The standard InChI is InChI=1S/C17H13ClN6O2/c1-10-20-17(26-23-10)13-6-3-7-24-14(21-22-15(13)24)9-19-16(25)11-4-2-5-12(18)8-11/h2-8H,9H2,1H3,(H,19,25). The number of fused-ring (bicyclic) bond motifs is 1. The summed E-state index contributed by atoms with van der Waals surface area (Å²) in [5, 5.41) is 15.4. The molecule has 0 aliphatic rings. The summed E-state index contributed by atoms with van der Waals surface area (Å²) in [6.45, 7) is 1.95. The lowest BCUT2D eigenvalue weighted by Gasteiger charge is -2.05. The summed E-state index contributed by atoms with van der Waals surface area (Å²) in [5.74, 6) is 1.24. The van der Waals surface area contributed by atoms with Crippen molar-refractivity contribution in [2.75, 3.05) is 0 Å². The summed E-state index contributed by atoms with van der Waals surface area (Å²) in [7, 11) is 0. The van der Waals surface area contributed by atoms with E-state index in [1.54, 1.807) is 35.6 Å². The second kappa shape index (κ2) is 6.57. The molecular weight excluding hydrogens is 356 g/mol. The zero-order valence-corrected chi connectivity index (χ0v) is 14.4. The molecule has 4 aromatic rings. The second-order valence-corrected chi connectivity index (χ2v) is 6.01. The molecule has 0 bridgehead atoms. The number of amides is 1. The Morgan fingerprint density at radius 3 is 2.92 bits per heavy atom. The van der Waals surface area contributed by atoms with Crippen molar-refractivity contribution in [3.05, 3.63) is 64.8 Å². The summed E-state index contributed by atoms with van der Waals surface area (Å²) < 4.78 is 6.98. The third kappa shape index (κ3) is 3.02. The van der Waals surface area contributed by atoms with Crippen LogP contribution in [-0.4, -0.2) is 30.6 Å². The second-order valence-electron chi connectivity index (χ2n) is 5.57. The lowest BCUT2D eigenvalue weighted by molar-refractivity contribution is 0.0950. The van der Waals surface area contributed by atoms with Gasteiger partial charge in [0.25, 0.3) is 11.8 Å². The van der Waals surface area contributed by atoms with Gasteiger partial charge in [-0.05, 0) is 37.3 Å². The molecular formula is C17H13ClN6O2. The average Bonchev–Trinajstić information content (AvgIpc) is 3.25. The Morgan fingerprint density at radius 1 is 1.27 bits per heavy atom. The molecule has 130 valence electrons. The quantitative estimate of drug-likeness (QED) is 0.594. The number of hydrogen-bond donors (Lipinski definition) is 1.